The lowest BCUT2D eigenvalue weighted by Gasteiger charge is -2.36. The summed E-state index contributed by atoms with van der Waals surface area (Å²) in [5.41, 5.74) is 1.05. The Balaban J connectivity index is 1.86. The number of hydrogen-bond acceptors (Lipinski definition) is 3. The number of carbonyl (C=O) groups is 1. The molecule has 0 spiro atoms. The summed E-state index contributed by atoms with van der Waals surface area (Å²) in [6.07, 6.45) is 2.85. The van der Waals surface area contributed by atoms with Gasteiger partial charge in [-0.1, -0.05) is 43.2 Å². The van der Waals surface area contributed by atoms with Gasteiger partial charge in [0.05, 0.1) is 18.8 Å². The highest BCUT2D eigenvalue weighted by molar-refractivity contribution is 5.80. The molecule has 1 fully saturated rings. The minimum Gasteiger partial charge on any atom is -0.391 e. The van der Waals surface area contributed by atoms with Crippen molar-refractivity contribution in [2.24, 2.45) is 0 Å². The van der Waals surface area contributed by atoms with Crippen molar-refractivity contribution in [3.63, 3.8) is 0 Å². The van der Waals surface area contributed by atoms with Crippen LogP contribution < -0.4 is 0 Å². The maximum Gasteiger partial charge on any atom is 0.251 e. The summed E-state index contributed by atoms with van der Waals surface area (Å²) in [6.45, 7) is 2.20. The molecular formula is C17H25NO3. The number of nitrogens with zero attached hydrogens (tertiary/aromatic N) is 1. The van der Waals surface area contributed by atoms with Crippen molar-refractivity contribution in [3.05, 3.63) is 35.9 Å². The smallest absolute Gasteiger partial charge is 0.251 e. The van der Waals surface area contributed by atoms with Crippen LogP contribution >= 0.6 is 0 Å². The van der Waals surface area contributed by atoms with Gasteiger partial charge in [-0.05, 0) is 25.3 Å². The normalized spacial score (nSPS) is 23.6. The van der Waals surface area contributed by atoms with E-state index in [1.807, 2.05) is 30.3 Å². The molecule has 0 radical (unpaired) electrons. The standard InChI is InChI=1S/C17H25NO3/c1-13(21-12-14-8-4-3-5-9-14)17(20)18(2)15-10-6-7-11-16(15)19/h3-5,8-9,13,15-16,19H,6-7,10-12H2,1-2H3. The van der Waals surface area contributed by atoms with Crippen LogP contribution in [0.2, 0.25) is 0 Å². The molecule has 3 unspecified atom stereocenters. The first-order valence-corrected chi connectivity index (χ1v) is 7.70. The predicted octanol–water partition coefficient (Wildman–Crippen LogP) is 2.35. The van der Waals surface area contributed by atoms with Crippen molar-refractivity contribution in [1.29, 1.82) is 0 Å². The first kappa shape index (κ1) is 16.0. The largest absolute Gasteiger partial charge is 0.391 e. The zero-order valence-corrected chi connectivity index (χ0v) is 12.9. The van der Waals surface area contributed by atoms with E-state index in [1.165, 1.54) is 0 Å². The molecule has 0 aliphatic heterocycles. The first-order valence-electron chi connectivity index (χ1n) is 7.70. The molecule has 1 saturated carbocycles. The Morgan fingerprint density at radius 3 is 2.67 bits per heavy atom. The van der Waals surface area contributed by atoms with E-state index >= 15 is 0 Å². The number of aliphatic hydroxyl groups is 1. The van der Waals surface area contributed by atoms with E-state index in [0.717, 1.165) is 31.2 Å². The quantitative estimate of drug-likeness (QED) is 0.906. The van der Waals surface area contributed by atoms with Gasteiger partial charge in [0.15, 0.2) is 0 Å². The van der Waals surface area contributed by atoms with Crippen LogP contribution in [-0.4, -0.2) is 41.2 Å². The van der Waals surface area contributed by atoms with E-state index in [1.54, 1.807) is 18.9 Å². The van der Waals surface area contributed by atoms with Crippen LogP contribution in [-0.2, 0) is 16.1 Å². The number of ether oxygens (including phenoxy) is 1. The average Bonchev–Trinajstić information content (AvgIpc) is 2.52. The fourth-order valence-corrected chi connectivity index (χ4v) is 2.86. The lowest BCUT2D eigenvalue weighted by atomic mass is 9.91. The topological polar surface area (TPSA) is 49.8 Å². The summed E-state index contributed by atoms with van der Waals surface area (Å²) in [4.78, 5) is 14.1. The van der Waals surface area contributed by atoms with E-state index in [9.17, 15) is 9.90 Å². The monoisotopic (exact) mass is 291 g/mol. The molecule has 4 heteroatoms. The van der Waals surface area contributed by atoms with Crippen molar-refractivity contribution < 1.29 is 14.6 Å². The number of rotatable bonds is 5. The zero-order chi connectivity index (χ0) is 15.2. The second-order valence-corrected chi connectivity index (χ2v) is 5.81. The van der Waals surface area contributed by atoms with Crippen molar-refractivity contribution in [2.45, 2.75) is 57.5 Å². The molecule has 1 aliphatic rings. The molecule has 1 amide bonds. The van der Waals surface area contributed by atoms with Crippen molar-refractivity contribution in [3.8, 4) is 0 Å². The maximum atomic E-state index is 12.4. The van der Waals surface area contributed by atoms with Gasteiger partial charge in [0.1, 0.15) is 6.10 Å². The molecular weight excluding hydrogens is 266 g/mol. The lowest BCUT2D eigenvalue weighted by molar-refractivity contribution is -0.147. The molecule has 0 aromatic heterocycles. The molecule has 3 atom stereocenters. The van der Waals surface area contributed by atoms with Gasteiger partial charge in [0.25, 0.3) is 5.91 Å². The molecule has 0 bridgehead atoms. The van der Waals surface area contributed by atoms with E-state index < -0.39 is 12.2 Å². The third kappa shape index (κ3) is 4.29. The van der Waals surface area contributed by atoms with Gasteiger partial charge in [-0.2, -0.15) is 0 Å². The van der Waals surface area contributed by atoms with Gasteiger partial charge in [-0.25, -0.2) is 0 Å². The SMILES string of the molecule is CC(OCc1ccccc1)C(=O)N(C)C1CCCCC1O. The average molecular weight is 291 g/mol. The summed E-state index contributed by atoms with van der Waals surface area (Å²) in [6, 6.07) is 9.74. The van der Waals surface area contributed by atoms with Gasteiger partial charge < -0.3 is 14.7 Å². The third-order valence-corrected chi connectivity index (χ3v) is 4.23. The van der Waals surface area contributed by atoms with Crippen molar-refractivity contribution in [1.82, 2.24) is 4.90 Å². The Bertz CT molecular complexity index is 449. The molecule has 21 heavy (non-hydrogen) atoms. The predicted molar refractivity (Wildman–Crippen MR) is 81.7 cm³/mol. The van der Waals surface area contributed by atoms with E-state index in [2.05, 4.69) is 0 Å². The Kier molecular flexibility index (Phi) is 5.76. The highest BCUT2D eigenvalue weighted by Crippen LogP contribution is 2.23. The van der Waals surface area contributed by atoms with E-state index in [-0.39, 0.29) is 11.9 Å². The second-order valence-electron chi connectivity index (χ2n) is 5.81. The molecule has 0 saturated heterocycles. The summed E-state index contributed by atoms with van der Waals surface area (Å²) in [5, 5.41) is 10.0. The summed E-state index contributed by atoms with van der Waals surface area (Å²) < 4.78 is 5.66. The number of aliphatic hydroxyl groups excluding tert-OH is 1. The Labute approximate surface area is 126 Å². The molecule has 4 nitrogen and oxygen atoms in total. The Morgan fingerprint density at radius 1 is 1.33 bits per heavy atom. The van der Waals surface area contributed by atoms with Crippen LogP contribution in [0.1, 0.15) is 38.2 Å². The number of hydrogen-bond donors (Lipinski definition) is 1. The number of benzene rings is 1. The van der Waals surface area contributed by atoms with Crippen LogP contribution in [0.3, 0.4) is 0 Å². The lowest BCUT2D eigenvalue weighted by Crippen LogP contribution is -2.49. The molecule has 1 N–H and O–H groups in total. The maximum absolute atomic E-state index is 12.4. The summed E-state index contributed by atoms with van der Waals surface area (Å²) >= 11 is 0. The molecule has 116 valence electrons. The third-order valence-electron chi connectivity index (χ3n) is 4.23. The van der Waals surface area contributed by atoms with Crippen molar-refractivity contribution in [2.75, 3.05) is 7.05 Å². The van der Waals surface area contributed by atoms with Crippen molar-refractivity contribution >= 4 is 5.91 Å². The highest BCUT2D eigenvalue weighted by Gasteiger charge is 2.31. The number of amides is 1. The van der Waals surface area contributed by atoms with Gasteiger partial charge in [0, 0.05) is 7.05 Å². The van der Waals surface area contributed by atoms with Crippen LogP contribution in [0, 0.1) is 0 Å². The Hall–Kier alpha value is -1.39. The minimum atomic E-state index is -0.496. The second kappa shape index (κ2) is 7.57. The van der Waals surface area contributed by atoms with Gasteiger partial charge in [-0.3, -0.25) is 4.79 Å². The fraction of sp³-hybridized carbons (Fsp3) is 0.588. The van der Waals surface area contributed by atoms with Crippen LogP contribution in [0.15, 0.2) is 30.3 Å². The van der Waals surface area contributed by atoms with Gasteiger partial charge in [0.2, 0.25) is 0 Å². The van der Waals surface area contributed by atoms with Gasteiger partial charge in [-0.15, -0.1) is 0 Å². The van der Waals surface area contributed by atoms with Crippen LogP contribution in [0.25, 0.3) is 0 Å². The number of likely N-dealkylation sites (N-methyl/N-ethyl adjacent to an activating group) is 1. The summed E-state index contributed by atoms with van der Waals surface area (Å²) in [5.74, 6) is -0.0584. The first-order chi connectivity index (χ1) is 10.1. The zero-order valence-electron chi connectivity index (χ0n) is 12.9. The molecule has 2 rings (SSSR count). The van der Waals surface area contributed by atoms with Crippen LogP contribution in [0.4, 0.5) is 0 Å². The minimum absolute atomic E-state index is 0.0584. The molecule has 1 aromatic rings. The molecule has 1 aliphatic carbocycles. The number of carbonyl (C=O) groups excluding carboxylic acids is 1. The van der Waals surface area contributed by atoms with E-state index in [4.69, 9.17) is 4.74 Å². The Morgan fingerprint density at radius 2 is 2.00 bits per heavy atom. The molecule has 0 heterocycles. The highest BCUT2D eigenvalue weighted by atomic mass is 16.5. The van der Waals surface area contributed by atoms with E-state index in [0.29, 0.717) is 6.61 Å². The van der Waals surface area contributed by atoms with Crippen LogP contribution in [0.5, 0.6) is 0 Å². The molecule has 1 aromatic carbocycles. The fourth-order valence-electron chi connectivity index (χ4n) is 2.86. The summed E-state index contributed by atoms with van der Waals surface area (Å²) in [7, 11) is 1.77. The van der Waals surface area contributed by atoms with Gasteiger partial charge >= 0.3 is 0 Å².